The van der Waals surface area contributed by atoms with E-state index in [-0.39, 0.29) is 57.2 Å². The van der Waals surface area contributed by atoms with Crippen LogP contribution in [0.5, 0.6) is 0 Å². The lowest BCUT2D eigenvalue weighted by atomic mass is 10.1. The fraction of sp³-hybridized carbons (Fsp3) is 0.545. The maximum Gasteiger partial charge on any atom is 0.313 e. The molecule has 16 atom stereocenters. The zero-order valence-electron chi connectivity index (χ0n) is 39.3. The van der Waals surface area contributed by atoms with Crippen molar-refractivity contribution in [3.05, 3.63) is 39.7 Å². The topological polar surface area (TPSA) is 589 Å². The zero-order valence-corrected chi connectivity index (χ0v) is 42.8. The van der Waals surface area contributed by atoms with Crippen LogP contribution in [-0.2, 0) is 75.7 Å². The highest BCUT2D eigenvalue weighted by Crippen LogP contribution is 2.63. The molecule has 3 fully saturated rings. The summed E-state index contributed by atoms with van der Waals surface area (Å²) in [6, 6.07) is 0. The predicted molar refractivity (Wildman–Crippen MR) is 239 cm³/mol. The fourth-order valence-electron chi connectivity index (χ4n) is 8.62. The molecule has 40 nitrogen and oxygen atoms in total. The zero-order chi connectivity index (χ0) is 55.8. The molecule has 0 aliphatic carbocycles. The largest absolute Gasteiger partial charge is 0.756 e. The minimum atomic E-state index is -6.58. The van der Waals surface area contributed by atoms with E-state index in [2.05, 4.69) is 53.0 Å². The Morgan fingerprint density at radius 3 is 1.86 bits per heavy atom. The molecule has 13 N–H and O–H groups in total. The van der Waals surface area contributed by atoms with Crippen molar-refractivity contribution in [2.24, 2.45) is 7.05 Å². The first kappa shape index (κ1) is 56.4. The number of H-pyrrole nitrogens is 2. The summed E-state index contributed by atoms with van der Waals surface area (Å²) in [5, 5.41) is 32.8. The normalized spacial score (nSPS) is 30.0. The summed E-state index contributed by atoms with van der Waals surface area (Å²) in [6.45, 7) is -3.62. The molecule has 3 saturated heterocycles. The fourth-order valence-corrected chi connectivity index (χ4v) is 13.0. The van der Waals surface area contributed by atoms with Crippen molar-refractivity contribution < 1.29 is 108 Å². The molecule has 77 heavy (non-hydrogen) atoms. The minimum absolute atomic E-state index is 0.00660. The number of aromatic amines is 2. The number of nitrogens with zero attached hydrogens (tertiary/aromatic N) is 10. The molecule has 3 aliphatic rings. The van der Waals surface area contributed by atoms with Crippen molar-refractivity contribution in [3.8, 4) is 0 Å². The van der Waals surface area contributed by atoms with Gasteiger partial charge in [0.1, 0.15) is 60.5 Å². The van der Waals surface area contributed by atoms with E-state index in [1.807, 2.05) is 0 Å². The molecule has 7 unspecified atom stereocenters. The average molecular weight is 1170 g/mol. The Morgan fingerprint density at radius 2 is 1.21 bits per heavy atom. The third-order valence-electron chi connectivity index (χ3n) is 11.8. The van der Waals surface area contributed by atoms with E-state index >= 15 is 0 Å². The molecule has 9 rings (SSSR count). The van der Waals surface area contributed by atoms with Gasteiger partial charge in [0.25, 0.3) is 48.4 Å². The van der Waals surface area contributed by atoms with Crippen LogP contribution >= 0.6 is 31.3 Å². The molecule has 0 saturated carbocycles. The molecule has 0 amide bonds. The van der Waals surface area contributed by atoms with Crippen molar-refractivity contribution >= 4 is 88.4 Å². The number of fused-ring (bicyclic) bond motifs is 3. The Balaban J connectivity index is 0.874. The lowest BCUT2D eigenvalue weighted by Gasteiger charge is -2.35. The molecule has 3 aliphatic heterocycles. The number of methoxy groups -OCH3 is 2. The summed E-state index contributed by atoms with van der Waals surface area (Å²) in [5.41, 5.74) is 21.0. The van der Waals surface area contributed by atoms with Crippen LogP contribution in [0.2, 0.25) is 0 Å². The van der Waals surface area contributed by atoms with Gasteiger partial charge in [-0.15, -0.1) is 0 Å². The second-order valence-electron chi connectivity index (χ2n) is 16.8. The molecule has 0 spiro atoms. The van der Waals surface area contributed by atoms with Gasteiger partial charge in [-0.3, -0.25) is 51.5 Å². The van der Waals surface area contributed by atoms with Crippen molar-refractivity contribution in [2.45, 2.75) is 73.6 Å². The van der Waals surface area contributed by atoms with Crippen LogP contribution in [0.1, 0.15) is 18.7 Å². The van der Waals surface area contributed by atoms with Gasteiger partial charge in [-0.2, -0.15) is 15.0 Å². The molecular weight excluding hydrogens is 1130 g/mol. The van der Waals surface area contributed by atoms with Crippen molar-refractivity contribution in [3.63, 3.8) is 0 Å². The summed E-state index contributed by atoms with van der Waals surface area (Å²) in [4.78, 5) is 106. The van der Waals surface area contributed by atoms with E-state index < -0.39 is 136 Å². The van der Waals surface area contributed by atoms with Gasteiger partial charge in [-0.1, -0.05) is 4.98 Å². The second-order valence-corrected chi connectivity index (χ2v) is 22.7. The highest BCUT2D eigenvalue weighted by Gasteiger charge is 2.52. The lowest BCUT2D eigenvalue weighted by Crippen LogP contribution is -2.46. The van der Waals surface area contributed by atoms with Crippen molar-refractivity contribution in [2.75, 3.05) is 57.0 Å². The van der Waals surface area contributed by atoms with Gasteiger partial charge in [0.2, 0.25) is 23.6 Å². The number of nitrogens with one attached hydrogen (secondary N) is 2. The quantitative estimate of drug-likeness (QED) is 0.0253. The number of aliphatic hydroxyl groups is 3. The number of ether oxygens (including phenoxy) is 5. The Bertz CT molecular complexity index is 3540. The van der Waals surface area contributed by atoms with Crippen molar-refractivity contribution in [1.29, 1.82) is 0 Å². The molecule has 0 aromatic carbocycles. The maximum absolute atomic E-state index is 13.6. The SMILES string of the molecule is COC1[C@@H](OP(=O)([O-])OC[C@H]2O[C@@H](n3cnc4c(=O)[nH]c(N)nc43)C(O)[C@H]2O)[C@@H](COP(=O)([O-])OP(=O)([O-])OP(=O)([O-])OC[C@H]2O[C@@H]([n+]3cn(C)c4c(=O)[nH]c(N)nc43)C(O)[C@H]2OC)O[C@H]1n1cnc2c(N)nc(N)nc21. The van der Waals surface area contributed by atoms with Gasteiger partial charge in [-0.05, 0) is 0 Å². The van der Waals surface area contributed by atoms with Gasteiger partial charge in [-0.25, -0.2) is 23.2 Å². The summed E-state index contributed by atoms with van der Waals surface area (Å²) < 4.78 is 113. The maximum atomic E-state index is 13.6. The number of hydrogen-bond donors (Lipinski definition) is 9. The minimum Gasteiger partial charge on any atom is -0.756 e. The van der Waals surface area contributed by atoms with Gasteiger partial charge >= 0.3 is 5.65 Å². The number of imidazole rings is 3. The van der Waals surface area contributed by atoms with Crippen LogP contribution in [-0.4, -0.2) is 158 Å². The second kappa shape index (κ2) is 21.0. The lowest BCUT2D eigenvalue weighted by molar-refractivity contribution is -0.745. The number of nitrogens with two attached hydrogens (primary N) is 4. The summed E-state index contributed by atoms with van der Waals surface area (Å²) in [7, 11) is -21.2. The molecule has 0 radical (unpaired) electrons. The van der Waals surface area contributed by atoms with Crippen LogP contribution in [0, 0.1) is 0 Å². The number of aromatic nitrogens is 12. The Hall–Kier alpha value is -5.35. The van der Waals surface area contributed by atoms with Crippen LogP contribution in [0.15, 0.2) is 28.6 Å². The van der Waals surface area contributed by atoms with Crippen LogP contribution in [0.25, 0.3) is 33.5 Å². The third-order valence-corrected chi connectivity index (χ3v) is 16.9. The number of phosphoric acid groups is 4. The number of rotatable bonds is 20. The molecule has 9 heterocycles. The molecule has 6 aromatic heterocycles. The summed E-state index contributed by atoms with van der Waals surface area (Å²) >= 11 is 0. The number of anilines is 4. The van der Waals surface area contributed by atoms with E-state index in [4.69, 9.17) is 60.2 Å². The van der Waals surface area contributed by atoms with Gasteiger partial charge < -0.3 is 99.6 Å². The Morgan fingerprint density at radius 1 is 0.662 bits per heavy atom. The van der Waals surface area contributed by atoms with Crippen LogP contribution in [0.4, 0.5) is 23.7 Å². The highest BCUT2D eigenvalue weighted by molar-refractivity contribution is 7.65. The first-order valence-corrected chi connectivity index (χ1v) is 27.5. The van der Waals surface area contributed by atoms with E-state index in [9.17, 15) is 62.7 Å². The predicted octanol–water partition coefficient (Wildman–Crippen LogP) is -7.00. The number of aliphatic hydroxyl groups excluding tert-OH is 3. The van der Waals surface area contributed by atoms with E-state index in [0.717, 1.165) is 36.0 Å². The number of phosphoric ester groups is 3. The van der Waals surface area contributed by atoms with Crippen LogP contribution < -0.4 is 58.2 Å². The Labute approximate surface area is 426 Å². The number of hydrogen-bond acceptors (Lipinski definition) is 34. The van der Waals surface area contributed by atoms with Gasteiger partial charge in [0, 0.05) is 14.2 Å². The molecule has 6 aromatic rings. The smallest absolute Gasteiger partial charge is 0.313 e. The van der Waals surface area contributed by atoms with Gasteiger partial charge in [0.05, 0.1) is 39.5 Å². The standard InChI is InChI=1S/C33H46N16O24P4/c1-46-9-49(25-15(46)27(54)45-33(37)43-25)29-18(52)19(63-2)11(69-29)5-66-75(57,58)72-77(61,62)73-76(59,60)67-6-12-20(21(64-3)30(70-12)48-7-38-13-22(34)40-31(35)41-23(13)48)71-74(55,56)65-4-10-16(50)17(51)28(68-10)47-8-39-14-24(47)42-32(36)44-26(14)53/h7-12,16-21,28-30,50-52H,4-6H2,1-3H3,(H13-,34,35,36,37,40,41,42,43,44,45,53,54,55,56,57,58,59,60,61,62)/p-3/t10-,11-,12-,16+,17?,18?,19+,20+,21?,28-,29-,30-/m1/s1. The molecule has 422 valence electrons. The highest BCUT2D eigenvalue weighted by atomic mass is 31.3. The van der Waals surface area contributed by atoms with Crippen molar-refractivity contribution in [1.82, 2.24) is 53.6 Å². The molecular formula is C33H43N16O24P4-3. The van der Waals surface area contributed by atoms with Gasteiger partial charge in [0.15, 0.2) is 41.4 Å². The first-order chi connectivity index (χ1) is 36.1. The molecule has 44 heteroatoms. The monoisotopic (exact) mass is 1170 g/mol. The first-order valence-electron chi connectivity index (χ1n) is 21.7. The van der Waals surface area contributed by atoms with E-state index in [1.54, 1.807) is 0 Å². The number of nitrogen functional groups attached to an aromatic ring is 4. The summed E-state index contributed by atoms with van der Waals surface area (Å²) in [5.74, 6) is -1.22. The number of aryl methyl sites for hydroxylation is 1. The average Bonchev–Trinajstić information content (AvgIpc) is 4.18. The molecule has 0 bridgehead atoms. The third kappa shape index (κ3) is 11.3. The van der Waals surface area contributed by atoms with E-state index in [1.165, 1.54) is 22.5 Å². The Kier molecular flexibility index (Phi) is 15.4. The van der Waals surface area contributed by atoms with E-state index in [0.29, 0.717) is 0 Å². The summed E-state index contributed by atoms with van der Waals surface area (Å²) in [6.07, 6.45) is -16.7. The van der Waals surface area contributed by atoms with Crippen LogP contribution in [0.3, 0.4) is 0 Å².